The van der Waals surface area contributed by atoms with Crippen LogP contribution in [0, 0.1) is 11.8 Å². The van der Waals surface area contributed by atoms with Crippen molar-refractivity contribution in [3.8, 4) is 0 Å². The molecule has 0 spiro atoms. The van der Waals surface area contributed by atoms with Crippen molar-refractivity contribution < 1.29 is 9.53 Å². The molecule has 0 aromatic rings. The van der Waals surface area contributed by atoms with Gasteiger partial charge in [0.05, 0.1) is 7.11 Å². The predicted molar refractivity (Wildman–Crippen MR) is 81.6 cm³/mol. The van der Waals surface area contributed by atoms with E-state index in [1.807, 2.05) is 0 Å². The number of hydrogen-bond acceptors (Lipinski definition) is 3. The van der Waals surface area contributed by atoms with Crippen molar-refractivity contribution in [3.63, 3.8) is 0 Å². The first-order valence-electron chi connectivity index (χ1n) is 8.43. The van der Waals surface area contributed by atoms with Gasteiger partial charge in [0.15, 0.2) is 0 Å². The summed E-state index contributed by atoms with van der Waals surface area (Å²) in [6, 6.07) is 0.512. The summed E-state index contributed by atoms with van der Waals surface area (Å²) >= 11 is 0. The van der Waals surface area contributed by atoms with Gasteiger partial charge in [-0.2, -0.15) is 0 Å². The maximum atomic E-state index is 12.4. The average Bonchev–Trinajstić information content (AvgIpc) is 2.48. The zero-order chi connectivity index (χ0) is 14.6. The highest BCUT2D eigenvalue weighted by molar-refractivity contribution is 5.81. The summed E-state index contributed by atoms with van der Waals surface area (Å²) in [6.45, 7) is 4.59. The van der Waals surface area contributed by atoms with E-state index in [1.165, 1.54) is 39.2 Å². The standard InChI is InChI=1S/C17H31NO2/c1-13(2)14-9-11-17(12-10-14,16(19)20-3)18-15-7-5-4-6-8-15/h13-15,18H,4-12H2,1-3H3. The second-order valence-corrected chi connectivity index (χ2v) is 7.13. The Labute approximate surface area is 123 Å². The van der Waals surface area contributed by atoms with Crippen LogP contribution in [0.15, 0.2) is 0 Å². The Kier molecular flexibility index (Phi) is 5.48. The lowest BCUT2D eigenvalue weighted by atomic mass is 9.72. The van der Waals surface area contributed by atoms with Crippen molar-refractivity contribution in [2.45, 2.75) is 83.2 Å². The molecule has 116 valence electrons. The summed E-state index contributed by atoms with van der Waals surface area (Å²) in [5, 5.41) is 3.71. The number of carbonyl (C=O) groups excluding carboxylic acids is 1. The molecule has 0 saturated heterocycles. The van der Waals surface area contributed by atoms with E-state index in [4.69, 9.17) is 4.74 Å². The fourth-order valence-corrected chi connectivity index (χ4v) is 4.04. The van der Waals surface area contributed by atoms with Gasteiger partial charge in [0.25, 0.3) is 0 Å². The van der Waals surface area contributed by atoms with Gasteiger partial charge in [-0.25, -0.2) is 0 Å². The van der Waals surface area contributed by atoms with Gasteiger partial charge in [0, 0.05) is 6.04 Å². The number of carbonyl (C=O) groups is 1. The molecule has 0 radical (unpaired) electrons. The molecule has 0 heterocycles. The van der Waals surface area contributed by atoms with E-state index < -0.39 is 5.54 Å². The van der Waals surface area contributed by atoms with E-state index in [-0.39, 0.29) is 5.97 Å². The molecule has 2 fully saturated rings. The van der Waals surface area contributed by atoms with Gasteiger partial charge >= 0.3 is 5.97 Å². The minimum absolute atomic E-state index is 0.0368. The van der Waals surface area contributed by atoms with Crippen LogP contribution in [0.25, 0.3) is 0 Å². The molecule has 0 aliphatic heterocycles. The third-order valence-corrected chi connectivity index (χ3v) is 5.49. The first kappa shape index (κ1) is 15.8. The summed E-state index contributed by atoms with van der Waals surface area (Å²) in [6.07, 6.45) is 10.5. The highest BCUT2D eigenvalue weighted by Gasteiger charge is 2.44. The molecule has 2 aliphatic carbocycles. The molecule has 0 unspecified atom stereocenters. The van der Waals surface area contributed by atoms with E-state index >= 15 is 0 Å². The number of ether oxygens (including phenoxy) is 1. The number of esters is 1. The van der Waals surface area contributed by atoms with Gasteiger partial charge in [0.1, 0.15) is 5.54 Å². The lowest BCUT2D eigenvalue weighted by molar-refractivity contribution is -0.151. The quantitative estimate of drug-likeness (QED) is 0.799. The molecule has 0 atom stereocenters. The predicted octanol–water partition coefficient (Wildman–Crippen LogP) is 3.67. The minimum Gasteiger partial charge on any atom is -0.468 e. The number of rotatable bonds is 4. The normalized spacial score (nSPS) is 32.3. The molecular formula is C17H31NO2. The maximum absolute atomic E-state index is 12.4. The van der Waals surface area contributed by atoms with E-state index in [2.05, 4.69) is 19.2 Å². The highest BCUT2D eigenvalue weighted by Crippen LogP contribution is 2.37. The molecule has 3 nitrogen and oxygen atoms in total. The third-order valence-electron chi connectivity index (χ3n) is 5.49. The Hall–Kier alpha value is -0.570. The minimum atomic E-state index is -0.401. The molecule has 0 aromatic carbocycles. The van der Waals surface area contributed by atoms with E-state index in [0.717, 1.165) is 37.5 Å². The molecule has 2 aliphatic rings. The average molecular weight is 281 g/mol. The second kappa shape index (κ2) is 6.93. The summed E-state index contributed by atoms with van der Waals surface area (Å²) in [4.78, 5) is 12.4. The van der Waals surface area contributed by atoms with Gasteiger partial charge < -0.3 is 4.74 Å². The topological polar surface area (TPSA) is 38.3 Å². The molecule has 2 saturated carbocycles. The van der Waals surface area contributed by atoms with Crippen LogP contribution in [-0.2, 0) is 9.53 Å². The Bertz CT molecular complexity index is 313. The summed E-state index contributed by atoms with van der Waals surface area (Å²) in [5.41, 5.74) is -0.401. The zero-order valence-electron chi connectivity index (χ0n) is 13.4. The van der Waals surface area contributed by atoms with Crippen molar-refractivity contribution in [2.24, 2.45) is 11.8 Å². The van der Waals surface area contributed by atoms with Crippen LogP contribution in [0.5, 0.6) is 0 Å². The first-order valence-corrected chi connectivity index (χ1v) is 8.43. The first-order chi connectivity index (χ1) is 9.57. The van der Waals surface area contributed by atoms with Crippen LogP contribution in [0.3, 0.4) is 0 Å². The van der Waals surface area contributed by atoms with Gasteiger partial charge in [-0.3, -0.25) is 10.1 Å². The van der Waals surface area contributed by atoms with Crippen molar-refractivity contribution in [1.82, 2.24) is 5.32 Å². The molecule has 2 rings (SSSR count). The Morgan fingerprint density at radius 3 is 2.20 bits per heavy atom. The van der Waals surface area contributed by atoms with Crippen LogP contribution < -0.4 is 5.32 Å². The fraction of sp³-hybridized carbons (Fsp3) is 0.941. The van der Waals surface area contributed by atoms with E-state index in [1.54, 1.807) is 0 Å². The van der Waals surface area contributed by atoms with Crippen molar-refractivity contribution in [3.05, 3.63) is 0 Å². The van der Waals surface area contributed by atoms with Gasteiger partial charge in [-0.1, -0.05) is 33.1 Å². The molecule has 1 N–H and O–H groups in total. The second-order valence-electron chi connectivity index (χ2n) is 7.13. The Morgan fingerprint density at radius 2 is 1.70 bits per heavy atom. The molecule has 0 aromatic heterocycles. The number of nitrogens with one attached hydrogen (secondary N) is 1. The Balaban J connectivity index is 2.01. The molecule has 3 heteroatoms. The van der Waals surface area contributed by atoms with Crippen LogP contribution in [0.2, 0.25) is 0 Å². The zero-order valence-corrected chi connectivity index (χ0v) is 13.4. The van der Waals surface area contributed by atoms with Crippen molar-refractivity contribution >= 4 is 5.97 Å². The summed E-state index contributed by atoms with van der Waals surface area (Å²) in [7, 11) is 1.53. The third kappa shape index (κ3) is 3.55. The number of hydrogen-bond donors (Lipinski definition) is 1. The molecule has 0 amide bonds. The van der Waals surface area contributed by atoms with Crippen LogP contribution >= 0.6 is 0 Å². The molecular weight excluding hydrogens is 250 g/mol. The SMILES string of the molecule is COC(=O)C1(NC2CCCCC2)CCC(C(C)C)CC1. The Morgan fingerprint density at radius 1 is 1.10 bits per heavy atom. The van der Waals surface area contributed by atoms with Gasteiger partial charge in [-0.15, -0.1) is 0 Å². The van der Waals surface area contributed by atoms with Gasteiger partial charge in [-0.05, 0) is 50.4 Å². The lowest BCUT2D eigenvalue weighted by Crippen LogP contribution is -2.58. The summed E-state index contributed by atoms with van der Waals surface area (Å²) in [5.74, 6) is 1.45. The largest absolute Gasteiger partial charge is 0.468 e. The smallest absolute Gasteiger partial charge is 0.326 e. The maximum Gasteiger partial charge on any atom is 0.326 e. The van der Waals surface area contributed by atoms with Gasteiger partial charge in [0.2, 0.25) is 0 Å². The highest BCUT2D eigenvalue weighted by atomic mass is 16.5. The van der Waals surface area contributed by atoms with E-state index in [9.17, 15) is 4.79 Å². The molecule has 0 bridgehead atoms. The monoisotopic (exact) mass is 281 g/mol. The van der Waals surface area contributed by atoms with Crippen LogP contribution in [0.4, 0.5) is 0 Å². The summed E-state index contributed by atoms with van der Waals surface area (Å²) < 4.78 is 5.13. The van der Waals surface area contributed by atoms with Crippen molar-refractivity contribution in [1.29, 1.82) is 0 Å². The van der Waals surface area contributed by atoms with Crippen LogP contribution in [-0.4, -0.2) is 24.7 Å². The van der Waals surface area contributed by atoms with Crippen LogP contribution in [0.1, 0.15) is 71.6 Å². The fourth-order valence-electron chi connectivity index (χ4n) is 4.04. The van der Waals surface area contributed by atoms with E-state index in [0.29, 0.717) is 6.04 Å². The van der Waals surface area contributed by atoms with Crippen molar-refractivity contribution in [2.75, 3.05) is 7.11 Å². The molecule has 20 heavy (non-hydrogen) atoms. The number of methoxy groups -OCH3 is 1. The lowest BCUT2D eigenvalue weighted by Gasteiger charge is -2.42.